The zero-order chi connectivity index (χ0) is 16.2. The highest BCUT2D eigenvalue weighted by Gasteiger charge is 2.27. The second-order valence-corrected chi connectivity index (χ2v) is 6.39. The van der Waals surface area contributed by atoms with Gasteiger partial charge in [0.15, 0.2) is 0 Å². The minimum atomic E-state index is -0.259. The fourth-order valence-electron chi connectivity index (χ4n) is 3.32. The van der Waals surface area contributed by atoms with Crippen LogP contribution < -0.4 is 0 Å². The van der Waals surface area contributed by atoms with Crippen molar-refractivity contribution in [3.8, 4) is 11.1 Å². The second kappa shape index (κ2) is 6.97. The van der Waals surface area contributed by atoms with Gasteiger partial charge in [-0.15, -0.1) is 0 Å². The molecule has 23 heavy (non-hydrogen) atoms. The SMILES string of the molecule is CN(CC1CCCC1O)C(=O)c1ccc(-c2ccccc2)cc1. The van der Waals surface area contributed by atoms with Crippen molar-refractivity contribution in [3.63, 3.8) is 0 Å². The normalized spacial score (nSPS) is 20.4. The quantitative estimate of drug-likeness (QED) is 0.937. The first kappa shape index (κ1) is 15.8. The molecule has 0 bridgehead atoms. The molecule has 0 aliphatic heterocycles. The van der Waals surface area contributed by atoms with E-state index in [2.05, 4.69) is 12.1 Å². The summed E-state index contributed by atoms with van der Waals surface area (Å²) in [5.41, 5.74) is 2.95. The van der Waals surface area contributed by atoms with E-state index in [4.69, 9.17) is 0 Å². The number of hydrogen-bond acceptors (Lipinski definition) is 2. The molecule has 1 aliphatic carbocycles. The lowest BCUT2D eigenvalue weighted by Crippen LogP contribution is -2.34. The summed E-state index contributed by atoms with van der Waals surface area (Å²) in [5.74, 6) is 0.233. The number of amides is 1. The second-order valence-electron chi connectivity index (χ2n) is 6.39. The standard InChI is InChI=1S/C20H23NO2/c1-21(14-18-8-5-9-19(18)22)20(23)17-12-10-16(11-13-17)15-6-3-2-4-7-15/h2-4,6-7,10-13,18-19,22H,5,8-9,14H2,1H3. The van der Waals surface area contributed by atoms with E-state index >= 15 is 0 Å². The van der Waals surface area contributed by atoms with Crippen molar-refractivity contribution in [2.75, 3.05) is 13.6 Å². The Bertz CT molecular complexity index is 651. The van der Waals surface area contributed by atoms with Crippen LogP contribution in [0.15, 0.2) is 54.6 Å². The van der Waals surface area contributed by atoms with Gasteiger partial charge in [-0.3, -0.25) is 4.79 Å². The molecule has 2 atom stereocenters. The van der Waals surface area contributed by atoms with Gasteiger partial charge in [-0.2, -0.15) is 0 Å². The van der Waals surface area contributed by atoms with Crippen LogP contribution in [-0.4, -0.2) is 35.6 Å². The Kier molecular flexibility index (Phi) is 4.77. The highest BCUT2D eigenvalue weighted by molar-refractivity contribution is 5.94. The smallest absolute Gasteiger partial charge is 0.253 e. The summed E-state index contributed by atoms with van der Waals surface area (Å²) in [7, 11) is 1.82. The van der Waals surface area contributed by atoms with Gasteiger partial charge in [0.25, 0.3) is 5.91 Å². The van der Waals surface area contributed by atoms with Crippen molar-refractivity contribution in [3.05, 3.63) is 60.2 Å². The monoisotopic (exact) mass is 309 g/mol. The van der Waals surface area contributed by atoms with Crippen molar-refractivity contribution in [2.24, 2.45) is 5.92 Å². The van der Waals surface area contributed by atoms with E-state index in [1.54, 1.807) is 4.90 Å². The van der Waals surface area contributed by atoms with E-state index in [1.165, 1.54) is 0 Å². The molecule has 0 heterocycles. The Morgan fingerprint density at radius 2 is 1.70 bits per heavy atom. The van der Waals surface area contributed by atoms with Crippen LogP contribution in [0.25, 0.3) is 11.1 Å². The maximum absolute atomic E-state index is 12.5. The van der Waals surface area contributed by atoms with Gasteiger partial charge in [0, 0.05) is 25.1 Å². The zero-order valence-electron chi connectivity index (χ0n) is 13.5. The largest absolute Gasteiger partial charge is 0.393 e. The molecule has 1 aliphatic rings. The predicted molar refractivity (Wildman–Crippen MR) is 92.2 cm³/mol. The average molecular weight is 309 g/mol. The average Bonchev–Trinajstić information content (AvgIpc) is 3.00. The number of aliphatic hydroxyl groups excluding tert-OH is 1. The van der Waals surface area contributed by atoms with Gasteiger partial charge in [-0.25, -0.2) is 0 Å². The van der Waals surface area contributed by atoms with Crippen molar-refractivity contribution >= 4 is 5.91 Å². The number of benzene rings is 2. The first-order valence-electron chi connectivity index (χ1n) is 8.24. The van der Waals surface area contributed by atoms with Crippen LogP contribution in [-0.2, 0) is 0 Å². The molecular formula is C20H23NO2. The Hall–Kier alpha value is -2.13. The third kappa shape index (κ3) is 3.62. The first-order valence-corrected chi connectivity index (χ1v) is 8.24. The molecule has 1 fully saturated rings. The number of aliphatic hydroxyl groups is 1. The van der Waals surface area contributed by atoms with Crippen LogP contribution in [0.2, 0.25) is 0 Å². The summed E-state index contributed by atoms with van der Waals surface area (Å²) in [4.78, 5) is 14.3. The van der Waals surface area contributed by atoms with E-state index in [0.29, 0.717) is 12.1 Å². The van der Waals surface area contributed by atoms with Gasteiger partial charge in [-0.1, -0.05) is 48.9 Å². The van der Waals surface area contributed by atoms with E-state index in [9.17, 15) is 9.90 Å². The fraction of sp³-hybridized carbons (Fsp3) is 0.350. The molecule has 2 aromatic rings. The Morgan fingerprint density at radius 3 is 2.30 bits per heavy atom. The van der Waals surface area contributed by atoms with Gasteiger partial charge >= 0.3 is 0 Å². The number of carbonyl (C=O) groups is 1. The maximum Gasteiger partial charge on any atom is 0.253 e. The van der Waals surface area contributed by atoms with Gasteiger partial charge in [0.2, 0.25) is 0 Å². The minimum absolute atomic E-state index is 0.0173. The summed E-state index contributed by atoms with van der Waals surface area (Å²) in [6, 6.07) is 17.9. The lowest BCUT2D eigenvalue weighted by Gasteiger charge is -2.23. The van der Waals surface area contributed by atoms with Crippen molar-refractivity contribution in [2.45, 2.75) is 25.4 Å². The molecule has 120 valence electrons. The van der Waals surface area contributed by atoms with E-state index in [1.807, 2.05) is 49.5 Å². The zero-order valence-corrected chi connectivity index (χ0v) is 13.5. The van der Waals surface area contributed by atoms with E-state index < -0.39 is 0 Å². The molecule has 0 saturated heterocycles. The molecule has 2 unspecified atom stereocenters. The van der Waals surface area contributed by atoms with Crippen LogP contribution >= 0.6 is 0 Å². The molecule has 0 radical (unpaired) electrons. The van der Waals surface area contributed by atoms with Crippen LogP contribution in [0, 0.1) is 5.92 Å². The predicted octanol–water partition coefficient (Wildman–Crippen LogP) is 3.59. The third-order valence-corrected chi connectivity index (χ3v) is 4.71. The molecule has 3 heteroatoms. The Balaban J connectivity index is 1.67. The first-order chi connectivity index (χ1) is 11.1. The number of nitrogens with zero attached hydrogens (tertiary/aromatic N) is 1. The molecular weight excluding hydrogens is 286 g/mol. The molecule has 1 amide bonds. The summed E-state index contributed by atoms with van der Waals surface area (Å²) in [6.07, 6.45) is 2.66. The highest BCUT2D eigenvalue weighted by atomic mass is 16.3. The topological polar surface area (TPSA) is 40.5 Å². The molecule has 1 N–H and O–H groups in total. The number of carbonyl (C=O) groups excluding carboxylic acids is 1. The van der Waals surface area contributed by atoms with Crippen molar-refractivity contribution in [1.29, 1.82) is 0 Å². The molecule has 0 spiro atoms. The minimum Gasteiger partial charge on any atom is -0.393 e. The van der Waals surface area contributed by atoms with Crippen LogP contribution in [0.1, 0.15) is 29.6 Å². The van der Waals surface area contributed by atoms with Gasteiger partial charge < -0.3 is 10.0 Å². The maximum atomic E-state index is 12.5. The molecule has 2 aromatic carbocycles. The van der Waals surface area contributed by atoms with Gasteiger partial charge in [-0.05, 0) is 36.1 Å². The third-order valence-electron chi connectivity index (χ3n) is 4.71. The molecule has 1 saturated carbocycles. The van der Waals surface area contributed by atoms with Crippen LogP contribution in [0.5, 0.6) is 0 Å². The van der Waals surface area contributed by atoms with Crippen LogP contribution in [0.3, 0.4) is 0 Å². The molecule has 3 rings (SSSR count). The summed E-state index contributed by atoms with van der Waals surface area (Å²) in [5, 5.41) is 9.91. The number of hydrogen-bond donors (Lipinski definition) is 1. The molecule has 3 nitrogen and oxygen atoms in total. The Morgan fingerprint density at radius 1 is 1.04 bits per heavy atom. The fourth-order valence-corrected chi connectivity index (χ4v) is 3.32. The lowest BCUT2D eigenvalue weighted by molar-refractivity contribution is 0.0693. The Labute approximate surface area is 137 Å². The highest BCUT2D eigenvalue weighted by Crippen LogP contribution is 2.26. The van der Waals surface area contributed by atoms with Crippen molar-refractivity contribution < 1.29 is 9.90 Å². The molecule has 0 aromatic heterocycles. The van der Waals surface area contributed by atoms with Crippen LogP contribution in [0.4, 0.5) is 0 Å². The summed E-state index contributed by atoms with van der Waals surface area (Å²) >= 11 is 0. The van der Waals surface area contributed by atoms with Gasteiger partial charge in [0.05, 0.1) is 6.10 Å². The van der Waals surface area contributed by atoms with Gasteiger partial charge in [0.1, 0.15) is 0 Å². The summed E-state index contributed by atoms with van der Waals surface area (Å²) < 4.78 is 0. The summed E-state index contributed by atoms with van der Waals surface area (Å²) in [6.45, 7) is 0.625. The lowest BCUT2D eigenvalue weighted by atomic mass is 10.0. The van der Waals surface area contributed by atoms with Crippen molar-refractivity contribution in [1.82, 2.24) is 4.90 Å². The van der Waals surface area contributed by atoms with E-state index in [0.717, 1.165) is 30.4 Å². The van der Waals surface area contributed by atoms with E-state index in [-0.39, 0.29) is 17.9 Å². The number of rotatable bonds is 4.